The Bertz CT molecular complexity index is 1050. The van der Waals surface area contributed by atoms with Crippen LogP contribution in [0, 0.1) is 18.8 Å². The molecule has 1 atom stereocenters. The van der Waals surface area contributed by atoms with Gasteiger partial charge in [-0.15, -0.1) is 0 Å². The summed E-state index contributed by atoms with van der Waals surface area (Å²) in [5.74, 6) is 5.77. The van der Waals surface area contributed by atoms with Crippen LogP contribution in [0.25, 0.3) is 0 Å². The van der Waals surface area contributed by atoms with Gasteiger partial charge in [0.15, 0.2) is 0 Å². The Labute approximate surface area is 168 Å². The molecule has 0 aliphatic heterocycles. The maximum absolute atomic E-state index is 12.3. The molecule has 0 spiro atoms. The highest BCUT2D eigenvalue weighted by molar-refractivity contribution is 7.91. The number of nitrogens with zero attached hydrogens (tertiary/aromatic N) is 3. The second kappa shape index (κ2) is 9.67. The van der Waals surface area contributed by atoms with E-state index in [0.717, 1.165) is 0 Å². The van der Waals surface area contributed by atoms with Crippen LogP contribution < -0.4 is 19.5 Å². The van der Waals surface area contributed by atoms with Crippen molar-refractivity contribution in [1.82, 2.24) is 19.7 Å². The number of aryl methyl sites for hydroxylation is 1. The SMILES string of the molecule is COc1nc(C)nc(NC(=O)NS(=O)(=O)Nc2ccccc2C#CC(C)OC)n1. The molecule has 12 heteroatoms. The third-order valence-electron chi connectivity index (χ3n) is 3.30. The number of carbonyl (C=O) groups excluding carboxylic acids is 1. The zero-order valence-electron chi connectivity index (χ0n) is 16.2. The van der Waals surface area contributed by atoms with Crippen molar-refractivity contribution in [1.29, 1.82) is 0 Å². The van der Waals surface area contributed by atoms with Crippen LogP contribution >= 0.6 is 0 Å². The Morgan fingerprint density at radius 2 is 1.90 bits per heavy atom. The highest BCUT2D eigenvalue weighted by Gasteiger charge is 2.17. The minimum Gasteiger partial charge on any atom is -0.467 e. The topological polar surface area (TPSA) is 144 Å². The standard InChI is InChI=1S/C17H20N6O5S/c1-11(27-3)9-10-13-7-5-6-8-14(13)22-29(25,26)23-16(24)20-15-18-12(2)19-17(21-15)28-4/h5-8,11,22H,1-4H3,(H2,18,19,20,21,23,24). The van der Waals surface area contributed by atoms with Crippen molar-refractivity contribution in [2.45, 2.75) is 20.0 Å². The quantitative estimate of drug-likeness (QED) is 0.588. The third kappa shape index (κ3) is 6.91. The van der Waals surface area contributed by atoms with E-state index in [0.29, 0.717) is 5.56 Å². The van der Waals surface area contributed by atoms with Crippen LogP contribution in [0.4, 0.5) is 16.4 Å². The van der Waals surface area contributed by atoms with Crippen LogP contribution in [-0.4, -0.2) is 49.7 Å². The minimum absolute atomic E-state index is 0.0217. The minimum atomic E-state index is -4.26. The van der Waals surface area contributed by atoms with E-state index in [2.05, 4.69) is 36.8 Å². The van der Waals surface area contributed by atoms with Gasteiger partial charge in [-0.25, -0.2) is 9.52 Å². The summed E-state index contributed by atoms with van der Waals surface area (Å²) in [6, 6.07) is 5.39. The van der Waals surface area contributed by atoms with Gasteiger partial charge in [-0.05, 0) is 26.0 Å². The van der Waals surface area contributed by atoms with Crippen LogP contribution in [-0.2, 0) is 14.9 Å². The molecule has 0 saturated heterocycles. The van der Waals surface area contributed by atoms with Gasteiger partial charge in [0.05, 0.1) is 12.8 Å². The van der Waals surface area contributed by atoms with Gasteiger partial charge < -0.3 is 9.47 Å². The number of rotatable bonds is 6. The average molecular weight is 420 g/mol. The molecule has 0 fully saturated rings. The summed E-state index contributed by atoms with van der Waals surface area (Å²) in [6.07, 6.45) is -0.329. The number of hydrogen-bond donors (Lipinski definition) is 3. The van der Waals surface area contributed by atoms with E-state index in [-0.39, 0.29) is 29.6 Å². The van der Waals surface area contributed by atoms with Crippen molar-refractivity contribution in [2.75, 3.05) is 24.3 Å². The molecule has 154 valence electrons. The van der Waals surface area contributed by atoms with E-state index in [1.54, 1.807) is 32.0 Å². The Morgan fingerprint density at radius 1 is 1.17 bits per heavy atom. The number of ether oxygens (including phenoxy) is 2. The average Bonchev–Trinajstić information content (AvgIpc) is 2.65. The Kier molecular flexibility index (Phi) is 7.29. The first-order chi connectivity index (χ1) is 13.7. The van der Waals surface area contributed by atoms with Crippen molar-refractivity contribution in [3.63, 3.8) is 0 Å². The number of anilines is 2. The molecule has 2 aromatic rings. The molecule has 11 nitrogen and oxygen atoms in total. The number of carbonyl (C=O) groups is 1. The number of methoxy groups -OCH3 is 2. The lowest BCUT2D eigenvalue weighted by Crippen LogP contribution is -2.38. The molecule has 1 aromatic carbocycles. The summed E-state index contributed by atoms with van der Waals surface area (Å²) in [4.78, 5) is 23.6. The van der Waals surface area contributed by atoms with Gasteiger partial charge >= 0.3 is 22.3 Å². The molecule has 0 aliphatic rings. The maximum Gasteiger partial charge on any atom is 0.336 e. The molecule has 0 saturated carbocycles. The van der Waals surface area contributed by atoms with Gasteiger partial charge in [0.25, 0.3) is 0 Å². The number of aromatic nitrogens is 3. The lowest BCUT2D eigenvalue weighted by Gasteiger charge is -2.11. The van der Waals surface area contributed by atoms with Crippen LogP contribution in [0.1, 0.15) is 18.3 Å². The maximum atomic E-state index is 12.3. The third-order valence-corrected chi connectivity index (χ3v) is 4.24. The molecular weight excluding hydrogens is 400 g/mol. The predicted octanol–water partition coefficient (Wildman–Crippen LogP) is 1.05. The fourth-order valence-electron chi connectivity index (χ4n) is 1.94. The van der Waals surface area contributed by atoms with Gasteiger partial charge in [-0.1, -0.05) is 24.0 Å². The fraction of sp³-hybridized carbons (Fsp3) is 0.294. The number of para-hydroxylation sites is 1. The lowest BCUT2D eigenvalue weighted by molar-refractivity contribution is 0.163. The van der Waals surface area contributed by atoms with E-state index in [4.69, 9.17) is 9.47 Å². The molecule has 2 rings (SSSR count). The van der Waals surface area contributed by atoms with E-state index in [1.165, 1.54) is 20.3 Å². The Balaban J connectivity index is 2.11. The van der Waals surface area contributed by atoms with E-state index >= 15 is 0 Å². The Morgan fingerprint density at radius 3 is 2.59 bits per heavy atom. The zero-order valence-corrected chi connectivity index (χ0v) is 17.0. The Hall–Kier alpha value is -3.43. The largest absolute Gasteiger partial charge is 0.467 e. The number of urea groups is 1. The highest BCUT2D eigenvalue weighted by atomic mass is 32.2. The van der Waals surface area contributed by atoms with E-state index in [1.807, 2.05) is 4.72 Å². The van der Waals surface area contributed by atoms with Crippen LogP contribution in [0.3, 0.4) is 0 Å². The van der Waals surface area contributed by atoms with Crippen molar-refractivity contribution in [3.8, 4) is 17.9 Å². The summed E-state index contributed by atoms with van der Waals surface area (Å²) in [5.41, 5.74) is 0.612. The smallest absolute Gasteiger partial charge is 0.336 e. The van der Waals surface area contributed by atoms with Crippen molar-refractivity contribution in [2.24, 2.45) is 0 Å². The molecule has 0 radical (unpaired) electrons. The molecule has 1 aromatic heterocycles. The molecule has 2 amide bonds. The van der Waals surface area contributed by atoms with Crippen molar-refractivity contribution >= 4 is 27.9 Å². The summed E-state index contributed by atoms with van der Waals surface area (Å²) in [5, 5.41) is 2.21. The van der Waals surface area contributed by atoms with E-state index < -0.39 is 16.2 Å². The molecular formula is C17H20N6O5S. The van der Waals surface area contributed by atoms with Crippen molar-refractivity contribution in [3.05, 3.63) is 35.7 Å². The van der Waals surface area contributed by atoms with Crippen LogP contribution in [0.2, 0.25) is 0 Å². The number of benzene rings is 1. The zero-order chi connectivity index (χ0) is 21.4. The van der Waals surface area contributed by atoms with Gasteiger partial charge in [0.1, 0.15) is 11.9 Å². The van der Waals surface area contributed by atoms with Gasteiger partial charge in [-0.2, -0.15) is 23.4 Å². The summed E-state index contributed by atoms with van der Waals surface area (Å²) < 4.78 is 38.6. The van der Waals surface area contributed by atoms with Crippen LogP contribution in [0.5, 0.6) is 6.01 Å². The number of nitrogens with one attached hydrogen (secondary N) is 3. The first kappa shape index (κ1) is 21.9. The van der Waals surface area contributed by atoms with Gasteiger partial charge in [0, 0.05) is 12.7 Å². The molecule has 0 bridgehead atoms. The van der Waals surface area contributed by atoms with Gasteiger partial charge in [-0.3, -0.25) is 10.0 Å². The first-order valence-electron chi connectivity index (χ1n) is 8.24. The highest BCUT2D eigenvalue weighted by Crippen LogP contribution is 2.15. The number of amides is 2. The first-order valence-corrected chi connectivity index (χ1v) is 9.72. The molecule has 0 aliphatic carbocycles. The monoisotopic (exact) mass is 420 g/mol. The molecule has 29 heavy (non-hydrogen) atoms. The second-order valence-corrected chi connectivity index (χ2v) is 6.96. The van der Waals surface area contributed by atoms with Crippen molar-refractivity contribution < 1.29 is 22.7 Å². The summed E-state index contributed by atoms with van der Waals surface area (Å²) in [6.45, 7) is 3.32. The lowest BCUT2D eigenvalue weighted by atomic mass is 10.2. The second-order valence-electron chi connectivity index (χ2n) is 5.55. The van der Waals surface area contributed by atoms with Crippen LogP contribution in [0.15, 0.2) is 24.3 Å². The predicted molar refractivity (Wildman–Crippen MR) is 106 cm³/mol. The van der Waals surface area contributed by atoms with Gasteiger partial charge in [0.2, 0.25) is 5.95 Å². The number of hydrogen-bond acceptors (Lipinski definition) is 8. The molecule has 3 N–H and O–H groups in total. The summed E-state index contributed by atoms with van der Waals surface area (Å²) >= 11 is 0. The molecule has 1 unspecified atom stereocenters. The fourth-order valence-corrected chi connectivity index (χ4v) is 2.76. The van der Waals surface area contributed by atoms with E-state index in [9.17, 15) is 13.2 Å². The molecule has 1 heterocycles. The normalized spacial score (nSPS) is 11.6. The summed E-state index contributed by atoms with van der Waals surface area (Å²) in [7, 11) is -1.40.